The highest BCUT2D eigenvalue weighted by Crippen LogP contribution is 2.14. The highest BCUT2D eigenvalue weighted by Gasteiger charge is 2.10. The van der Waals surface area contributed by atoms with Crippen molar-refractivity contribution in [3.05, 3.63) is 71.3 Å². The molecule has 0 saturated heterocycles. The first-order valence-corrected chi connectivity index (χ1v) is 7.01. The lowest BCUT2D eigenvalue weighted by atomic mass is 10.1. The first kappa shape index (κ1) is 14.8. The quantitative estimate of drug-likeness (QED) is 0.800. The van der Waals surface area contributed by atoms with Crippen molar-refractivity contribution < 1.29 is 9.18 Å². The van der Waals surface area contributed by atoms with Crippen LogP contribution in [0.1, 0.15) is 21.5 Å². The summed E-state index contributed by atoms with van der Waals surface area (Å²) >= 11 is 0. The van der Waals surface area contributed by atoms with Gasteiger partial charge in [-0.25, -0.2) is 9.07 Å². The molecule has 0 aliphatic carbocycles. The molecule has 0 radical (unpaired) electrons. The number of carbonyl (C=O) groups excluding carboxylic acids is 1. The molecule has 2 aromatic carbocycles. The number of rotatable bonds is 4. The zero-order valence-electron chi connectivity index (χ0n) is 12.4. The molecule has 0 spiro atoms. The summed E-state index contributed by atoms with van der Waals surface area (Å²) in [5.41, 5.74) is 2.59. The SMILES string of the molecule is Cc1cc(C(=O)NCc2ccccc2F)ccc1-n1cnnn1. The first-order chi connectivity index (χ1) is 11.1. The van der Waals surface area contributed by atoms with Crippen LogP contribution in [0.5, 0.6) is 0 Å². The van der Waals surface area contributed by atoms with Gasteiger partial charge in [0.05, 0.1) is 5.69 Å². The van der Waals surface area contributed by atoms with E-state index in [1.165, 1.54) is 17.1 Å². The van der Waals surface area contributed by atoms with Crippen molar-refractivity contribution in [3.8, 4) is 5.69 Å². The van der Waals surface area contributed by atoms with Crippen LogP contribution in [-0.2, 0) is 6.54 Å². The van der Waals surface area contributed by atoms with Gasteiger partial charge in [0.15, 0.2) is 0 Å². The predicted octanol–water partition coefficient (Wildman–Crippen LogP) is 2.04. The maximum absolute atomic E-state index is 13.5. The molecule has 0 aliphatic heterocycles. The van der Waals surface area contributed by atoms with Crippen molar-refractivity contribution in [2.24, 2.45) is 0 Å². The van der Waals surface area contributed by atoms with E-state index in [2.05, 4.69) is 20.8 Å². The number of nitrogens with one attached hydrogen (secondary N) is 1. The standard InChI is InChI=1S/C16H14FN5O/c1-11-8-12(6-7-15(11)22-10-19-20-21-22)16(23)18-9-13-4-2-3-5-14(13)17/h2-8,10H,9H2,1H3,(H,18,23). The van der Waals surface area contributed by atoms with Crippen molar-refractivity contribution in [2.75, 3.05) is 0 Å². The number of halogens is 1. The molecule has 7 heteroatoms. The predicted molar refractivity (Wildman–Crippen MR) is 81.5 cm³/mol. The topological polar surface area (TPSA) is 72.7 Å². The van der Waals surface area contributed by atoms with Gasteiger partial charge in [0.2, 0.25) is 0 Å². The molecule has 116 valence electrons. The van der Waals surface area contributed by atoms with Crippen molar-refractivity contribution in [1.29, 1.82) is 0 Å². The van der Waals surface area contributed by atoms with Crippen molar-refractivity contribution >= 4 is 5.91 Å². The zero-order valence-corrected chi connectivity index (χ0v) is 12.4. The highest BCUT2D eigenvalue weighted by molar-refractivity contribution is 5.94. The number of aromatic nitrogens is 4. The van der Waals surface area contributed by atoms with Gasteiger partial charge in [-0.15, -0.1) is 5.10 Å². The maximum atomic E-state index is 13.5. The smallest absolute Gasteiger partial charge is 0.251 e. The Balaban J connectivity index is 1.73. The van der Waals surface area contributed by atoms with E-state index in [-0.39, 0.29) is 18.3 Å². The molecule has 1 N–H and O–H groups in total. The second kappa shape index (κ2) is 6.35. The Bertz CT molecular complexity index is 832. The van der Waals surface area contributed by atoms with Crippen LogP contribution in [0.25, 0.3) is 5.69 Å². The van der Waals surface area contributed by atoms with E-state index < -0.39 is 0 Å². The van der Waals surface area contributed by atoms with Crippen LogP contribution in [0.3, 0.4) is 0 Å². The lowest BCUT2D eigenvalue weighted by Crippen LogP contribution is -2.23. The van der Waals surface area contributed by atoms with Gasteiger partial charge in [-0.2, -0.15) is 0 Å². The average Bonchev–Trinajstić information content (AvgIpc) is 3.08. The number of aryl methyl sites for hydroxylation is 1. The molecule has 1 heterocycles. The summed E-state index contributed by atoms with van der Waals surface area (Å²) in [5, 5.41) is 13.7. The summed E-state index contributed by atoms with van der Waals surface area (Å²) < 4.78 is 15.1. The number of hydrogen-bond donors (Lipinski definition) is 1. The Morgan fingerprint density at radius 3 is 2.78 bits per heavy atom. The second-order valence-electron chi connectivity index (χ2n) is 5.03. The van der Waals surface area contributed by atoms with Crippen LogP contribution in [0.4, 0.5) is 4.39 Å². The molecule has 0 aliphatic rings. The van der Waals surface area contributed by atoms with E-state index in [1.807, 2.05) is 6.92 Å². The fraction of sp³-hybridized carbons (Fsp3) is 0.125. The minimum Gasteiger partial charge on any atom is -0.348 e. The van der Waals surface area contributed by atoms with Crippen LogP contribution in [0, 0.1) is 12.7 Å². The fourth-order valence-corrected chi connectivity index (χ4v) is 2.24. The monoisotopic (exact) mass is 311 g/mol. The number of amides is 1. The van der Waals surface area contributed by atoms with Crippen LogP contribution in [0.2, 0.25) is 0 Å². The third kappa shape index (κ3) is 3.23. The molecule has 0 unspecified atom stereocenters. The van der Waals surface area contributed by atoms with Gasteiger partial charge in [0.25, 0.3) is 5.91 Å². The van der Waals surface area contributed by atoms with Gasteiger partial charge < -0.3 is 5.32 Å². The Hall–Kier alpha value is -3.09. The molecule has 0 atom stereocenters. The van der Waals surface area contributed by atoms with E-state index in [4.69, 9.17) is 0 Å². The Kier molecular flexibility index (Phi) is 4.09. The van der Waals surface area contributed by atoms with E-state index in [9.17, 15) is 9.18 Å². The minimum absolute atomic E-state index is 0.138. The summed E-state index contributed by atoms with van der Waals surface area (Å²) in [5.74, 6) is -0.599. The molecular formula is C16H14FN5O. The average molecular weight is 311 g/mol. The maximum Gasteiger partial charge on any atom is 0.251 e. The molecular weight excluding hydrogens is 297 g/mol. The minimum atomic E-state index is -0.335. The molecule has 3 aromatic rings. The lowest BCUT2D eigenvalue weighted by Gasteiger charge is -2.09. The Morgan fingerprint density at radius 2 is 2.09 bits per heavy atom. The van der Waals surface area contributed by atoms with Crippen molar-refractivity contribution in [2.45, 2.75) is 13.5 Å². The van der Waals surface area contributed by atoms with Gasteiger partial charge >= 0.3 is 0 Å². The van der Waals surface area contributed by atoms with Gasteiger partial charge in [0.1, 0.15) is 12.1 Å². The van der Waals surface area contributed by atoms with Gasteiger partial charge in [-0.05, 0) is 47.2 Å². The third-order valence-electron chi connectivity index (χ3n) is 3.45. The Labute approximate surface area is 132 Å². The number of hydrogen-bond acceptors (Lipinski definition) is 4. The largest absolute Gasteiger partial charge is 0.348 e. The van der Waals surface area contributed by atoms with E-state index in [0.29, 0.717) is 11.1 Å². The van der Waals surface area contributed by atoms with Crippen LogP contribution >= 0.6 is 0 Å². The second-order valence-corrected chi connectivity index (χ2v) is 5.03. The number of tetrazole rings is 1. The van der Waals surface area contributed by atoms with Crippen LogP contribution < -0.4 is 5.32 Å². The Morgan fingerprint density at radius 1 is 1.26 bits per heavy atom. The summed E-state index contributed by atoms with van der Waals surface area (Å²) in [6, 6.07) is 11.5. The number of benzene rings is 2. The molecule has 1 amide bonds. The summed E-state index contributed by atoms with van der Waals surface area (Å²) in [6.07, 6.45) is 1.49. The van der Waals surface area contributed by atoms with E-state index in [0.717, 1.165) is 11.3 Å². The van der Waals surface area contributed by atoms with Crippen molar-refractivity contribution in [1.82, 2.24) is 25.5 Å². The molecule has 6 nitrogen and oxygen atoms in total. The first-order valence-electron chi connectivity index (χ1n) is 7.01. The van der Waals surface area contributed by atoms with Crippen molar-refractivity contribution in [3.63, 3.8) is 0 Å². The van der Waals surface area contributed by atoms with Crippen LogP contribution in [0.15, 0.2) is 48.8 Å². The highest BCUT2D eigenvalue weighted by atomic mass is 19.1. The van der Waals surface area contributed by atoms with Gasteiger partial charge in [0, 0.05) is 17.7 Å². The normalized spacial score (nSPS) is 10.5. The molecule has 0 fully saturated rings. The summed E-state index contributed by atoms with van der Waals surface area (Å²) in [7, 11) is 0. The molecule has 0 bridgehead atoms. The number of carbonyl (C=O) groups is 1. The number of nitrogens with zero attached hydrogens (tertiary/aromatic N) is 4. The summed E-state index contributed by atoms with van der Waals surface area (Å²) in [6.45, 7) is 2.00. The zero-order chi connectivity index (χ0) is 16.2. The fourth-order valence-electron chi connectivity index (χ4n) is 2.24. The molecule has 3 rings (SSSR count). The lowest BCUT2D eigenvalue weighted by molar-refractivity contribution is 0.0950. The van der Waals surface area contributed by atoms with Crippen LogP contribution in [-0.4, -0.2) is 26.1 Å². The van der Waals surface area contributed by atoms with E-state index >= 15 is 0 Å². The summed E-state index contributed by atoms with van der Waals surface area (Å²) in [4.78, 5) is 12.2. The third-order valence-corrected chi connectivity index (χ3v) is 3.45. The molecule has 0 saturated carbocycles. The van der Waals surface area contributed by atoms with E-state index in [1.54, 1.807) is 36.4 Å². The molecule has 23 heavy (non-hydrogen) atoms. The molecule has 1 aromatic heterocycles. The van der Waals surface area contributed by atoms with Gasteiger partial charge in [-0.3, -0.25) is 4.79 Å². The van der Waals surface area contributed by atoms with Gasteiger partial charge in [-0.1, -0.05) is 18.2 Å².